The Labute approximate surface area is 270 Å². The molecule has 1 unspecified atom stereocenters. The van der Waals surface area contributed by atoms with E-state index in [-0.39, 0.29) is 72.1 Å². The molecule has 5 rings (SSSR count). The molecule has 2 amide bonds. The van der Waals surface area contributed by atoms with Crippen LogP contribution in [0.1, 0.15) is 50.8 Å². The standard InChI is InChI=1S/C24H26N6O7S3.Na.H/c1-24(2,22(35)36)37-28-17(12-9-38-23(25)26-12)19(32)27-20-11(8-29-10-39-14-6-4-3-5-13(14)29)18(21(33)34)30-15(31)7-16(30)40-20;;/h9-10,16,20H,3-8H2,1-2H3,(H4-,25,26,27,32,33,34,35,36);;/q;+1;-1/p+1/b28-17-;;/t16-,20?;;/m1../s1. The van der Waals surface area contributed by atoms with E-state index < -0.39 is 34.2 Å². The van der Waals surface area contributed by atoms with E-state index in [0.29, 0.717) is 5.57 Å². The monoisotopic (exact) mass is 631 g/mol. The Balaban J connectivity index is 0.00000242. The minimum Gasteiger partial charge on any atom is -1.00 e. The van der Waals surface area contributed by atoms with Crippen molar-refractivity contribution in [2.45, 2.75) is 68.8 Å². The topological polar surface area (TPSA) is 188 Å². The van der Waals surface area contributed by atoms with Gasteiger partial charge in [0.15, 0.2) is 23.1 Å². The number of amides is 2. The number of hydrogen-bond acceptors (Lipinski definition) is 11. The number of nitrogens with one attached hydrogen (secondary N) is 1. The summed E-state index contributed by atoms with van der Waals surface area (Å²) >= 11 is 3.93. The molecule has 17 heteroatoms. The molecule has 41 heavy (non-hydrogen) atoms. The van der Waals surface area contributed by atoms with Crippen molar-refractivity contribution in [2.24, 2.45) is 5.16 Å². The van der Waals surface area contributed by atoms with E-state index in [1.165, 1.54) is 40.8 Å². The molecule has 0 saturated carbocycles. The van der Waals surface area contributed by atoms with Gasteiger partial charge in [-0.1, -0.05) is 16.5 Å². The molecule has 2 aromatic heterocycles. The molecule has 2 aromatic rings. The Bertz CT molecular complexity index is 1480. The molecule has 0 radical (unpaired) electrons. The Morgan fingerprint density at radius 1 is 1.29 bits per heavy atom. The number of anilines is 1. The van der Waals surface area contributed by atoms with Crippen LogP contribution in [0.25, 0.3) is 0 Å². The quantitative estimate of drug-likeness (QED) is 0.0829. The fourth-order valence-electron chi connectivity index (χ4n) is 4.59. The number of oxime groups is 1. The summed E-state index contributed by atoms with van der Waals surface area (Å²) in [7, 11) is 0. The van der Waals surface area contributed by atoms with Gasteiger partial charge in [0.2, 0.25) is 17.0 Å². The molecule has 2 aliphatic heterocycles. The number of thiazole rings is 2. The maximum Gasteiger partial charge on any atom is 1.00 e. The van der Waals surface area contributed by atoms with Crippen LogP contribution in [0.5, 0.6) is 0 Å². The molecule has 5 N–H and O–H groups in total. The zero-order valence-corrected chi connectivity index (χ0v) is 27.0. The molecule has 0 aromatic carbocycles. The van der Waals surface area contributed by atoms with E-state index in [9.17, 15) is 29.4 Å². The van der Waals surface area contributed by atoms with Gasteiger partial charge in [-0.05, 0) is 33.1 Å². The van der Waals surface area contributed by atoms with E-state index in [1.807, 2.05) is 10.1 Å². The first kappa shape index (κ1) is 31.4. The third kappa shape index (κ3) is 6.32. The number of fused-ring (bicyclic) bond motifs is 2. The van der Waals surface area contributed by atoms with Gasteiger partial charge in [-0.3, -0.25) is 14.5 Å². The van der Waals surface area contributed by atoms with Gasteiger partial charge in [0.25, 0.3) is 5.91 Å². The van der Waals surface area contributed by atoms with E-state index in [1.54, 1.807) is 11.3 Å². The number of carboxylic acid groups (broad SMARTS) is 2. The van der Waals surface area contributed by atoms with Gasteiger partial charge >= 0.3 is 41.5 Å². The number of thioether (sulfide) groups is 1. The summed E-state index contributed by atoms with van der Waals surface area (Å²) in [5.74, 6) is -3.61. The zero-order chi connectivity index (χ0) is 28.8. The third-order valence-electron chi connectivity index (χ3n) is 6.78. The first-order valence-electron chi connectivity index (χ1n) is 12.4. The number of nitrogens with two attached hydrogens (primary N) is 1. The fraction of sp³-hybridized carbons (Fsp3) is 0.458. The number of aliphatic carboxylic acids is 2. The van der Waals surface area contributed by atoms with E-state index in [0.717, 1.165) is 42.7 Å². The summed E-state index contributed by atoms with van der Waals surface area (Å²) in [6.07, 6.45) is 4.09. The fourth-order valence-corrected chi connectivity index (χ4v) is 7.63. The summed E-state index contributed by atoms with van der Waals surface area (Å²) in [4.78, 5) is 61.9. The number of rotatable bonds is 9. The summed E-state index contributed by atoms with van der Waals surface area (Å²) < 4.78 is 2.00. The maximum absolute atomic E-state index is 13.6. The maximum atomic E-state index is 13.6. The van der Waals surface area contributed by atoms with Gasteiger partial charge in [0.1, 0.15) is 16.8 Å². The number of nitrogen functional groups attached to an aromatic ring is 1. The van der Waals surface area contributed by atoms with Crippen molar-refractivity contribution < 1.29 is 69.8 Å². The third-order valence-corrected chi connectivity index (χ3v) is 9.91. The van der Waals surface area contributed by atoms with Gasteiger partial charge in [-0.25, -0.2) is 14.6 Å². The van der Waals surface area contributed by atoms with Gasteiger partial charge < -0.3 is 27.5 Å². The Kier molecular flexibility index (Phi) is 9.50. The molecule has 214 valence electrons. The minimum atomic E-state index is -1.74. The summed E-state index contributed by atoms with van der Waals surface area (Å²) in [5, 5.41) is 26.6. The van der Waals surface area contributed by atoms with Crippen molar-refractivity contribution >= 4 is 69.0 Å². The predicted molar refractivity (Wildman–Crippen MR) is 148 cm³/mol. The molecule has 13 nitrogen and oxygen atoms in total. The van der Waals surface area contributed by atoms with Gasteiger partial charge in [-0.2, -0.15) is 4.57 Å². The molecule has 1 saturated heterocycles. The molecular weight excluding hydrogens is 603 g/mol. The number of hydrogen-bond donors (Lipinski definition) is 4. The van der Waals surface area contributed by atoms with Gasteiger partial charge in [0.05, 0.1) is 22.2 Å². The SMILES string of the molecule is CC(C)(O/N=C(\C(=O)NC1S[C@@H]2CC(=O)N2C(C(=O)O)=C1C[n+]1csc2c1CCCC2)c1csc(N)n1)C(=O)O.[H-].[Na+]. The largest absolute Gasteiger partial charge is 1.00 e. The van der Waals surface area contributed by atoms with Crippen LogP contribution in [0.15, 0.2) is 27.3 Å². The molecule has 1 fully saturated rings. The van der Waals surface area contributed by atoms with Crippen molar-refractivity contribution in [3.05, 3.63) is 38.4 Å². The molecule has 1 aliphatic carbocycles. The second kappa shape index (κ2) is 12.4. The average molecular weight is 632 g/mol. The summed E-state index contributed by atoms with van der Waals surface area (Å²) in [6, 6.07) is 0. The van der Waals surface area contributed by atoms with Crippen molar-refractivity contribution in [3.8, 4) is 0 Å². The number of aromatic nitrogens is 2. The van der Waals surface area contributed by atoms with Crippen LogP contribution in [0.2, 0.25) is 0 Å². The van der Waals surface area contributed by atoms with Crippen molar-refractivity contribution in [3.63, 3.8) is 0 Å². The van der Waals surface area contributed by atoms with E-state index >= 15 is 0 Å². The number of β-lactam (4-membered cyclic amide) rings is 1. The second-order valence-corrected chi connectivity index (χ2v) is 13.1. The van der Waals surface area contributed by atoms with Crippen molar-refractivity contribution in [1.82, 2.24) is 15.2 Å². The number of carbonyl (C=O) groups is 4. The molecule has 0 bridgehead atoms. The van der Waals surface area contributed by atoms with Gasteiger partial charge in [0, 0.05) is 11.8 Å². The van der Waals surface area contributed by atoms with E-state index in [4.69, 9.17) is 10.6 Å². The van der Waals surface area contributed by atoms with Crippen LogP contribution in [0.3, 0.4) is 0 Å². The average Bonchev–Trinajstić information content (AvgIpc) is 3.50. The van der Waals surface area contributed by atoms with Crippen LogP contribution < -0.4 is 45.2 Å². The first-order chi connectivity index (χ1) is 19.0. The van der Waals surface area contributed by atoms with Gasteiger partial charge in [-0.15, -0.1) is 23.1 Å². The summed E-state index contributed by atoms with van der Waals surface area (Å²) in [5.41, 5.74) is 7.07. The second-order valence-electron chi connectivity index (χ2n) is 9.94. The predicted octanol–water partition coefficient (Wildman–Crippen LogP) is -1.56. The van der Waals surface area contributed by atoms with Crippen LogP contribution in [-0.4, -0.2) is 65.9 Å². The molecule has 2 atom stereocenters. The number of carboxylic acids is 2. The number of aryl methyl sites for hydroxylation is 1. The molecule has 0 spiro atoms. The van der Waals surface area contributed by atoms with Crippen LogP contribution in [-0.2, 0) is 43.4 Å². The van der Waals surface area contributed by atoms with Crippen molar-refractivity contribution in [1.29, 1.82) is 0 Å². The van der Waals surface area contributed by atoms with E-state index in [2.05, 4.69) is 15.5 Å². The zero-order valence-electron chi connectivity index (χ0n) is 23.6. The van der Waals surface area contributed by atoms with Crippen molar-refractivity contribution in [2.75, 3.05) is 5.73 Å². The Hall–Kier alpha value is -2.50. The van der Waals surface area contributed by atoms with Crippen LogP contribution >= 0.6 is 34.4 Å². The minimum absolute atomic E-state index is 0. The smallest absolute Gasteiger partial charge is 1.00 e. The molecular formula is C24H28N6NaO7S3+. The molecule has 4 heterocycles. The normalized spacial score (nSPS) is 20.4. The Morgan fingerprint density at radius 2 is 2.02 bits per heavy atom. The Morgan fingerprint density at radius 3 is 2.66 bits per heavy atom. The molecule has 3 aliphatic rings. The number of nitrogens with zero attached hydrogens (tertiary/aromatic N) is 4. The van der Waals surface area contributed by atoms with Crippen LogP contribution in [0.4, 0.5) is 5.13 Å². The number of carbonyl (C=O) groups excluding carboxylic acids is 2. The summed E-state index contributed by atoms with van der Waals surface area (Å²) in [6.45, 7) is 2.73. The first-order valence-corrected chi connectivity index (χ1v) is 15.1. The van der Waals surface area contributed by atoms with Crippen LogP contribution in [0, 0.1) is 0 Å².